The van der Waals surface area contributed by atoms with Gasteiger partial charge < -0.3 is 5.73 Å². The van der Waals surface area contributed by atoms with Gasteiger partial charge in [-0.15, -0.1) is 6.58 Å². The van der Waals surface area contributed by atoms with Gasteiger partial charge in [0.15, 0.2) is 5.78 Å². The number of rotatable bonds is 7. The van der Waals surface area contributed by atoms with Crippen molar-refractivity contribution >= 4 is 23.1 Å². The van der Waals surface area contributed by atoms with Crippen LogP contribution in [-0.2, 0) is 0 Å². The van der Waals surface area contributed by atoms with Crippen LogP contribution in [-0.4, -0.2) is 5.78 Å². The number of ketones is 1. The molecule has 2 nitrogen and oxygen atoms in total. The monoisotopic (exact) mass is 251 g/mol. The molecule has 3 heteroatoms. The van der Waals surface area contributed by atoms with Crippen LogP contribution in [0.3, 0.4) is 0 Å². The van der Waals surface area contributed by atoms with E-state index in [0.717, 1.165) is 25.7 Å². The number of Topliss-reactive ketones (excluding diaryl/α,β-unsaturated/α-hetero) is 1. The first-order chi connectivity index (χ1) is 8.15. The number of anilines is 1. The minimum absolute atomic E-state index is 0.0952. The standard InChI is InChI=1S/C14H18ClNO/c1-2-3-4-5-6-7-14(17)12-9-8-11(15)10-13(12)16/h2,8-10H,1,3-7,16H2. The summed E-state index contributed by atoms with van der Waals surface area (Å²) in [6.45, 7) is 3.66. The van der Waals surface area contributed by atoms with Gasteiger partial charge in [0, 0.05) is 22.7 Å². The Bertz CT molecular complexity index is 401. The molecule has 0 spiro atoms. The molecular weight excluding hydrogens is 234 g/mol. The van der Waals surface area contributed by atoms with Gasteiger partial charge in [0.1, 0.15) is 0 Å². The van der Waals surface area contributed by atoms with E-state index in [1.807, 2.05) is 6.08 Å². The Hall–Kier alpha value is -1.28. The lowest BCUT2D eigenvalue weighted by Gasteiger charge is -2.05. The molecule has 0 amide bonds. The number of carbonyl (C=O) groups excluding carboxylic acids is 1. The third-order valence-electron chi connectivity index (χ3n) is 2.63. The zero-order valence-corrected chi connectivity index (χ0v) is 10.7. The molecule has 0 aromatic heterocycles. The Morgan fingerprint density at radius 1 is 1.35 bits per heavy atom. The van der Waals surface area contributed by atoms with E-state index in [1.54, 1.807) is 18.2 Å². The molecule has 1 rings (SSSR count). The van der Waals surface area contributed by atoms with E-state index >= 15 is 0 Å². The van der Waals surface area contributed by atoms with Gasteiger partial charge in [-0.1, -0.05) is 24.1 Å². The lowest BCUT2D eigenvalue weighted by atomic mass is 10.0. The maximum absolute atomic E-state index is 11.9. The smallest absolute Gasteiger partial charge is 0.164 e. The summed E-state index contributed by atoms with van der Waals surface area (Å²) in [5.74, 6) is 0.0952. The Kier molecular flexibility index (Phi) is 5.78. The number of unbranched alkanes of at least 4 members (excludes halogenated alkanes) is 3. The molecule has 92 valence electrons. The van der Waals surface area contributed by atoms with Gasteiger partial charge in [-0.2, -0.15) is 0 Å². The van der Waals surface area contributed by atoms with Gasteiger partial charge >= 0.3 is 0 Å². The third-order valence-corrected chi connectivity index (χ3v) is 2.86. The van der Waals surface area contributed by atoms with Gasteiger partial charge in [0.2, 0.25) is 0 Å². The van der Waals surface area contributed by atoms with Crippen LogP contribution >= 0.6 is 11.6 Å². The molecule has 0 radical (unpaired) electrons. The summed E-state index contributed by atoms with van der Waals surface area (Å²) >= 11 is 5.78. The number of hydrogen-bond donors (Lipinski definition) is 1. The molecule has 1 aromatic rings. The summed E-state index contributed by atoms with van der Waals surface area (Å²) < 4.78 is 0. The summed E-state index contributed by atoms with van der Waals surface area (Å²) in [5.41, 5.74) is 6.80. The highest BCUT2D eigenvalue weighted by molar-refractivity contribution is 6.31. The number of hydrogen-bond acceptors (Lipinski definition) is 2. The molecule has 1 aromatic carbocycles. The van der Waals surface area contributed by atoms with E-state index in [-0.39, 0.29) is 5.78 Å². The van der Waals surface area contributed by atoms with E-state index in [9.17, 15) is 4.79 Å². The number of nitrogens with two attached hydrogens (primary N) is 1. The van der Waals surface area contributed by atoms with E-state index in [2.05, 4.69) is 6.58 Å². The van der Waals surface area contributed by atoms with Crippen LogP contribution in [0.15, 0.2) is 30.9 Å². The predicted octanol–water partition coefficient (Wildman–Crippen LogP) is 4.24. The van der Waals surface area contributed by atoms with Crippen LogP contribution in [0, 0.1) is 0 Å². The van der Waals surface area contributed by atoms with Crippen molar-refractivity contribution in [3.05, 3.63) is 41.4 Å². The maximum atomic E-state index is 11.9. The Labute approximate surface area is 107 Å². The molecule has 0 saturated carbocycles. The second-order valence-electron chi connectivity index (χ2n) is 4.04. The minimum atomic E-state index is 0.0952. The zero-order valence-electron chi connectivity index (χ0n) is 9.92. The fourth-order valence-electron chi connectivity index (χ4n) is 1.67. The van der Waals surface area contributed by atoms with Crippen molar-refractivity contribution < 1.29 is 4.79 Å². The SMILES string of the molecule is C=CCCCCCC(=O)c1ccc(Cl)cc1N. The molecule has 0 bridgehead atoms. The van der Waals surface area contributed by atoms with Gasteiger partial charge in [-0.05, 0) is 37.5 Å². The zero-order chi connectivity index (χ0) is 12.7. The second-order valence-corrected chi connectivity index (χ2v) is 4.48. The molecule has 0 atom stereocenters. The fourth-order valence-corrected chi connectivity index (χ4v) is 1.85. The molecule has 0 aliphatic rings. The number of benzene rings is 1. The van der Waals surface area contributed by atoms with Crippen LogP contribution in [0.25, 0.3) is 0 Å². The van der Waals surface area contributed by atoms with Crippen molar-refractivity contribution in [1.29, 1.82) is 0 Å². The molecule has 0 aliphatic carbocycles. The van der Waals surface area contributed by atoms with E-state index in [0.29, 0.717) is 22.7 Å². The maximum Gasteiger partial charge on any atom is 0.164 e. The molecule has 0 aliphatic heterocycles. The van der Waals surface area contributed by atoms with Crippen LogP contribution in [0.5, 0.6) is 0 Å². The lowest BCUT2D eigenvalue weighted by Crippen LogP contribution is -2.03. The van der Waals surface area contributed by atoms with Crippen LogP contribution in [0.1, 0.15) is 42.5 Å². The first-order valence-electron chi connectivity index (χ1n) is 5.84. The summed E-state index contributed by atoms with van der Waals surface area (Å²) in [6.07, 6.45) is 6.49. The second kappa shape index (κ2) is 7.13. The highest BCUT2D eigenvalue weighted by Gasteiger charge is 2.09. The quantitative estimate of drug-likeness (QED) is 0.341. The van der Waals surface area contributed by atoms with Crippen molar-refractivity contribution in [2.24, 2.45) is 0 Å². The molecule has 0 unspecified atom stereocenters. The average molecular weight is 252 g/mol. The fraction of sp³-hybridized carbons (Fsp3) is 0.357. The van der Waals surface area contributed by atoms with Crippen molar-refractivity contribution in [2.75, 3.05) is 5.73 Å². The summed E-state index contributed by atoms with van der Waals surface area (Å²) in [6, 6.07) is 5.01. The average Bonchev–Trinajstić information content (AvgIpc) is 2.28. The van der Waals surface area contributed by atoms with Crippen LogP contribution < -0.4 is 5.73 Å². The Morgan fingerprint density at radius 2 is 2.12 bits per heavy atom. The Morgan fingerprint density at radius 3 is 2.76 bits per heavy atom. The predicted molar refractivity (Wildman–Crippen MR) is 73.5 cm³/mol. The molecular formula is C14H18ClNO. The molecule has 0 heterocycles. The highest BCUT2D eigenvalue weighted by atomic mass is 35.5. The third kappa shape index (κ3) is 4.61. The largest absolute Gasteiger partial charge is 0.398 e. The lowest BCUT2D eigenvalue weighted by molar-refractivity contribution is 0.0980. The molecule has 0 fully saturated rings. The topological polar surface area (TPSA) is 43.1 Å². The molecule has 17 heavy (non-hydrogen) atoms. The highest BCUT2D eigenvalue weighted by Crippen LogP contribution is 2.20. The van der Waals surface area contributed by atoms with E-state index in [4.69, 9.17) is 17.3 Å². The van der Waals surface area contributed by atoms with Crippen molar-refractivity contribution in [1.82, 2.24) is 0 Å². The van der Waals surface area contributed by atoms with Crippen molar-refractivity contribution in [3.8, 4) is 0 Å². The summed E-state index contributed by atoms with van der Waals surface area (Å²) in [5, 5.41) is 0.560. The number of carbonyl (C=O) groups is 1. The molecule has 0 saturated heterocycles. The van der Waals surface area contributed by atoms with Gasteiger partial charge in [0.05, 0.1) is 0 Å². The summed E-state index contributed by atoms with van der Waals surface area (Å²) in [7, 11) is 0. The first-order valence-corrected chi connectivity index (χ1v) is 6.22. The van der Waals surface area contributed by atoms with E-state index in [1.165, 1.54) is 0 Å². The van der Waals surface area contributed by atoms with Gasteiger partial charge in [-0.3, -0.25) is 4.79 Å². The number of halogens is 1. The van der Waals surface area contributed by atoms with Crippen molar-refractivity contribution in [3.63, 3.8) is 0 Å². The van der Waals surface area contributed by atoms with E-state index < -0.39 is 0 Å². The summed E-state index contributed by atoms with van der Waals surface area (Å²) in [4.78, 5) is 11.9. The Balaban J connectivity index is 2.44. The van der Waals surface area contributed by atoms with Crippen LogP contribution in [0.4, 0.5) is 5.69 Å². The normalized spacial score (nSPS) is 10.2. The minimum Gasteiger partial charge on any atom is -0.398 e. The number of allylic oxidation sites excluding steroid dienone is 1. The number of nitrogen functional groups attached to an aromatic ring is 1. The molecule has 2 N–H and O–H groups in total. The van der Waals surface area contributed by atoms with Crippen molar-refractivity contribution in [2.45, 2.75) is 32.1 Å². The van der Waals surface area contributed by atoms with Gasteiger partial charge in [-0.25, -0.2) is 0 Å². The van der Waals surface area contributed by atoms with Crippen LogP contribution in [0.2, 0.25) is 5.02 Å². The first kappa shape index (κ1) is 13.8. The van der Waals surface area contributed by atoms with Gasteiger partial charge in [0.25, 0.3) is 0 Å².